The van der Waals surface area contributed by atoms with Crippen molar-refractivity contribution in [2.75, 3.05) is 0 Å². The van der Waals surface area contributed by atoms with Gasteiger partial charge in [0.15, 0.2) is 5.65 Å². The maximum absolute atomic E-state index is 9.65. The van der Waals surface area contributed by atoms with Gasteiger partial charge in [0, 0.05) is 29.8 Å². The van der Waals surface area contributed by atoms with Crippen molar-refractivity contribution >= 4 is 21.9 Å². The zero-order valence-electron chi connectivity index (χ0n) is 13.8. The average Bonchev–Trinajstić information content (AvgIpc) is 3.28. The van der Waals surface area contributed by atoms with Crippen molar-refractivity contribution in [2.45, 2.75) is 25.0 Å². The smallest absolute Gasteiger partial charge is 0.243 e. The third kappa shape index (κ3) is 2.57. The molecule has 4 aromatic rings. The number of aromatic amines is 1. The molecule has 2 atom stereocenters. The fourth-order valence-corrected chi connectivity index (χ4v) is 3.35. The number of benzene rings is 1. The molecule has 5 rings (SSSR count). The normalized spacial score (nSPS) is 20.0. The van der Waals surface area contributed by atoms with Gasteiger partial charge in [-0.25, -0.2) is 9.97 Å². The molecular weight excluding hydrogens is 330 g/mol. The minimum atomic E-state index is -0.420. The number of imidazole rings is 1. The van der Waals surface area contributed by atoms with E-state index in [-0.39, 0.29) is 6.10 Å². The molecule has 2 N–H and O–H groups in total. The summed E-state index contributed by atoms with van der Waals surface area (Å²) in [5.74, 6) is 1.13. The van der Waals surface area contributed by atoms with Gasteiger partial charge in [-0.05, 0) is 18.2 Å². The molecule has 1 aliphatic rings. The molecule has 1 saturated carbocycles. The first-order chi connectivity index (χ1) is 12.8. The van der Waals surface area contributed by atoms with Crippen LogP contribution in [-0.4, -0.2) is 42.2 Å². The molecule has 0 aliphatic heterocycles. The largest absolute Gasteiger partial charge is 0.473 e. The summed E-state index contributed by atoms with van der Waals surface area (Å²) in [6, 6.07) is 8.03. The van der Waals surface area contributed by atoms with E-state index in [9.17, 15) is 5.11 Å². The lowest BCUT2D eigenvalue weighted by molar-refractivity contribution is 0.155. The summed E-state index contributed by atoms with van der Waals surface area (Å²) in [7, 11) is 0. The highest BCUT2D eigenvalue weighted by Gasteiger charge is 2.26. The van der Waals surface area contributed by atoms with E-state index in [0.29, 0.717) is 35.7 Å². The van der Waals surface area contributed by atoms with Crippen LogP contribution >= 0.6 is 0 Å². The topological polar surface area (TPSA) is 96.8 Å². The fraction of sp³-hybridized carbons (Fsp3) is 0.211. The van der Waals surface area contributed by atoms with Gasteiger partial charge < -0.3 is 14.8 Å². The second-order valence-electron chi connectivity index (χ2n) is 6.39. The van der Waals surface area contributed by atoms with Gasteiger partial charge in [-0.3, -0.25) is 4.98 Å². The van der Waals surface area contributed by atoms with Crippen LogP contribution in [0.15, 0.2) is 43.0 Å². The Bertz CT molecular complexity index is 1090. The number of ether oxygens (including phenoxy) is 1. The van der Waals surface area contributed by atoms with Crippen molar-refractivity contribution in [1.29, 1.82) is 0 Å². The summed E-state index contributed by atoms with van der Waals surface area (Å²) in [4.78, 5) is 20.7. The predicted molar refractivity (Wildman–Crippen MR) is 96.4 cm³/mol. The summed E-state index contributed by atoms with van der Waals surface area (Å²) in [6.07, 6.45) is 7.67. The van der Waals surface area contributed by atoms with Crippen molar-refractivity contribution in [2.24, 2.45) is 0 Å². The van der Waals surface area contributed by atoms with Crippen molar-refractivity contribution < 1.29 is 9.84 Å². The Morgan fingerprint density at radius 2 is 2.08 bits per heavy atom. The van der Waals surface area contributed by atoms with E-state index in [4.69, 9.17) is 4.74 Å². The lowest BCUT2D eigenvalue weighted by Crippen LogP contribution is -2.14. The molecule has 1 radical (unpaired) electrons. The molecule has 1 fully saturated rings. The van der Waals surface area contributed by atoms with E-state index in [2.05, 4.69) is 24.9 Å². The number of hydrogen-bond acceptors (Lipinski definition) is 6. The van der Waals surface area contributed by atoms with Crippen LogP contribution in [0.1, 0.15) is 12.8 Å². The molecule has 0 bridgehead atoms. The van der Waals surface area contributed by atoms with Crippen LogP contribution in [-0.2, 0) is 0 Å². The van der Waals surface area contributed by atoms with Gasteiger partial charge in [0.2, 0.25) is 5.88 Å². The Morgan fingerprint density at radius 3 is 2.96 bits per heavy atom. The van der Waals surface area contributed by atoms with Gasteiger partial charge in [-0.2, -0.15) is 4.98 Å². The van der Waals surface area contributed by atoms with E-state index in [0.717, 1.165) is 16.3 Å². The number of nitrogens with zero attached hydrogens (tertiary/aromatic N) is 4. The molecule has 3 heterocycles. The maximum atomic E-state index is 9.65. The summed E-state index contributed by atoms with van der Waals surface area (Å²) < 4.78 is 5.97. The number of aromatic nitrogens is 5. The molecule has 7 heteroatoms. The molecule has 0 saturated heterocycles. The highest BCUT2D eigenvalue weighted by atomic mass is 16.5. The van der Waals surface area contributed by atoms with Gasteiger partial charge in [-0.1, -0.05) is 24.3 Å². The second kappa shape index (κ2) is 6.03. The number of aliphatic hydroxyl groups excluding tert-OH is 1. The fourth-order valence-electron chi connectivity index (χ4n) is 3.35. The van der Waals surface area contributed by atoms with Crippen molar-refractivity contribution in [1.82, 2.24) is 24.9 Å². The van der Waals surface area contributed by atoms with Crippen LogP contribution in [0.5, 0.6) is 5.88 Å². The van der Waals surface area contributed by atoms with Crippen molar-refractivity contribution in [3.63, 3.8) is 0 Å². The Labute approximate surface area is 149 Å². The average molecular weight is 346 g/mol. The minimum absolute atomic E-state index is 0.0888. The molecule has 1 aliphatic carbocycles. The highest BCUT2D eigenvalue weighted by Crippen LogP contribution is 2.30. The summed E-state index contributed by atoms with van der Waals surface area (Å²) in [5.41, 5.74) is 2.09. The Morgan fingerprint density at radius 1 is 1.15 bits per heavy atom. The molecule has 7 nitrogen and oxygen atoms in total. The molecule has 0 amide bonds. The Hall–Kier alpha value is -3.06. The van der Waals surface area contributed by atoms with E-state index < -0.39 is 6.10 Å². The van der Waals surface area contributed by atoms with Gasteiger partial charge in [0.05, 0.1) is 6.10 Å². The van der Waals surface area contributed by atoms with E-state index in [1.54, 1.807) is 6.20 Å². The maximum Gasteiger partial charge on any atom is 0.243 e. The first-order valence-electron chi connectivity index (χ1n) is 8.50. The van der Waals surface area contributed by atoms with Crippen LogP contribution in [0, 0.1) is 6.42 Å². The molecule has 3 aromatic heterocycles. The van der Waals surface area contributed by atoms with Crippen LogP contribution in [0.2, 0.25) is 0 Å². The van der Waals surface area contributed by atoms with Crippen molar-refractivity contribution in [3.05, 3.63) is 49.4 Å². The van der Waals surface area contributed by atoms with Crippen LogP contribution < -0.4 is 4.74 Å². The van der Waals surface area contributed by atoms with Crippen LogP contribution in [0.25, 0.3) is 33.3 Å². The van der Waals surface area contributed by atoms with E-state index in [1.165, 1.54) is 6.33 Å². The van der Waals surface area contributed by atoms with Crippen LogP contribution in [0.4, 0.5) is 0 Å². The molecule has 0 spiro atoms. The molecule has 0 unspecified atom stereocenters. The summed E-state index contributed by atoms with van der Waals surface area (Å²) in [5, 5.41) is 11.8. The van der Waals surface area contributed by atoms with E-state index in [1.807, 2.05) is 36.9 Å². The Balaban J connectivity index is 1.58. The minimum Gasteiger partial charge on any atom is -0.473 e. The molecule has 1 aromatic carbocycles. The third-order valence-corrected chi connectivity index (χ3v) is 4.63. The Kier molecular flexibility index (Phi) is 3.53. The van der Waals surface area contributed by atoms with E-state index >= 15 is 0 Å². The lowest BCUT2D eigenvalue weighted by Gasteiger charge is -2.11. The predicted octanol–water partition coefficient (Wildman–Crippen LogP) is 2.67. The number of aliphatic hydroxyl groups is 1. The summed E-state index contributed by atoms with van der Waals surface area (Å²) >= 11 is 0. The molecule has 26 heavy (non-hydrogen) atoms. The zero-order chi connectivity index (χ0) is 17.5. The number of hydrogen-bond donors (Lipinski definition) is 2. The third-order valence-electron chi connectivity index (χ3n) is 4.63. The zero-order valence-corrected chi connectivity index (χ0v) is 13.8. The van der Waals surface area contributed by atoms with Crippen LogP contribution in [0.3, 0.4) is 0 Å². The number of rotatable bonds is 3. The first-order valence-corrected chi connectivity index (χ1v) is 8.50. The monoisotopic (exact) mass is 346 g/mol. The first kappa shape index (κ1) is 15.2. The quantitative estimate of drug-likeness (QED) is 0.592. The van der Waals surface area contributed by atoms with Gasteiger partial charge >= 0.3 is 0 Å². The summed E-state index contributed by atoms with van der Waals surface area (Å²) in [6.45, 7) is 0. The van der Waals surface area contributed by atoms with Gasteiger partial charge in [0.1, 0.15) is 23.8 Å². The highest BCUT2D eigenvalue weighted by molar-refractivity contribution is 5.95. The van der Waals surface area contributed by atoms with Crippen molar-refractivity contribution in [3.8, 4) is 17.3 Å². The number of nitrogens with one attached hydrogen (secondary N) is 1. The molecular formula is C19H16N5O2. The number of fused-ring (bicyclic) bond motifs is 2. The lowest BCUT2D eigenvalue weighted by atomic mass is 10.1. The number of pyridine rings is 1. The van der Waals surface area contributed by atoms with Gasteiger partial charge in [-0.15, -0.1) is 0 Å². The standard InChI is InChI=1S/C19H16N5O2/c25-12-5-6-13(7-12)26-19-16-18(21-10-22-19)24-17(23-16)15-9-20-8-11-3-1-2-4-14(11)15/h1-5,8-10,12-13,25H,6-7H2,(H,21,22,23,24)/t12-,13+/m0/s1. The SMILES string of the molecule is O[C@H]1[CH]C[C@@H](Oc2ncnc3nc(-c4cncc5ccccc45)[nH]c23)C1. The second-order valence-corrected chi connectivity index (χ2v) is 6.39. The number of H-pyrrole nitrogens is 1. The van der Waals surface area contributed by atoms with Gasteiger partial charge in [0.25, 0.3) is 0 Å². The molecule has 129 valence electrons.